The monoisotopic (exact) mass is 883 g/mol. The van der Waals surface area contributed by atoms with Crippen molar-refractivity contribution in [1.82, 2.24) is 0 Å². The summed E-state index contributed by atoms with van der Waals surface area (Å²) >= 11 is 0. The van der Waals surface area contributed by atoms with Crippen LogP contribution in [0.2, 0.25) is 18.9 Å². The molecule has 11 heteroatoms. The number of unbranched alkanes of at least 4 members (excludes halogenated alkanes) is 12. The van der Waals surface area contributed by atoms with Gasteiger partial charge in [-0.2, -0.15) is 0 Å². The van der Waals surface area contributed by atoms with Crippen LogP contribution in [-0.4, -0.2) is 88.5 Å². The molecule has 2 saturated heterocycles. The summed E-state index contributed by atoms with van der Waals surface area (Å²) in [6.45, 7) is 13.7. The van der Waals surface area contributed by atoms with E-state index < -0.39 is 28.4 Å². The molecular weight excluding hydrogens is 784 g/mol. The molecule has 0 amide bonds. The maximum absolute atomic E-state index is 11.2. The normalized spacial score (nSPS) is 30.8. The lowest BCUT2D eigenvalue weighted by atomic mass is 9.69. The summed E-state index contributed by atoms with van der Waals surface area (Å²) in [5.41, 5.74) is -0.816. The summed E-state index contributed by atoms with van der Waals surface area (Å²) in [5, 5.41) is 22.4. The first-order valence-electron chi connectivity index (χ1n) is 26.0. The van der Waals surface area contributed by atoms with Crippen LogP contribution in [0.25, 0.3) is 0 Å². The molecule has 0 spiro atoms. The van der Waals surface area contributed by atoms with Gasteiger partial charge in [0.25, 0.3) is 0 Å². The highest BCUT2D eigenvalue weighted by molar-refractivity contribution is 6.61. The first-order valence-corrected chi connectivity index (χ1v) is 29.9. The Morgan fingerprint density at radius 1 is 0.433 bits per heavy atom. The number of hydrogen-bond donors (Lipinski definition) is 2. The third-order valence-electron chi connectivity index (χ3n) is 14.3. The zero-order chi connectivity index (χ0) is 43.7. The van der Waals surface area contributed by atoms with Crippen molar-refractivity contribution in [3.05, 3.63) is 0 Å². The largest absolute Gasteiger partial charge is 0.500 e. The van der Waals surface area contributed by atoms with Crippen LogP contribution in [0.5, 0.6) is 0 Å². The Bertz CT molecular complexity index is 905. The molecule has 2 aliphatic heterocycles. The van der Waals surface area contributed by atoms with Crippen LogP contribution in [0.4, 0.5) is 0 Å². The van der Waals surface area contributed by atoms with Crippen LogP contribution in [-0.2, 0) is 26.6 Å². The Morgan fingerprint density at radius 2 is 0.717 bits per heavy atom. The van der Waals surface area contributed by atoms with Gasteiger partial charge >= 0.3 is 17.6 Å². The molecule has 2 heterocycles. The molecule has 2 unspecified atom stereocenters. The maximum Gasteiger partial charge on any atom is 0.500 e. The molecule has 0 aromatic heterocycles. The first-order chi connectivity index (χ1) is 29.4. The molecule has 2 radical (unpaired) electrons. The minimum atomic E-state index is -2.77. The van der Waals surface area contributed by atoms with E-state index in [1.165, 1.54) is 155 Å². The predicted molar refractivity (Wildman–Crippen MR) is 256 cm³/mol. The van der Waals surface area contributed by atoms with Gasteiger partial charge in [-0.05, 0) is 64.2 Å². The van der Waals surface area contributed by atoms with Crippen LogP contribution in [0.1, 0.15) is 220 Å². The van der Waals surface area contributed by atoms with E-state index in [-0.39, 0.29) is 13.2 Å². The van der Waals surface area contributed by atoms with Gasteiger partial charge in [0, 0.05) is 62.6 Å². The molecule has 0 aromatic rings. The number of aliphatic hydroxyl groups is 2. The molecule has 3 fully saturated rings. The van der Waals surface area contributed by atoms with Gasteiger partial charge in [-0.3, -0.25) is 0 Å². The van der Waals surface area contributed by atoms with Crippen molar-refractivity contribution in [1.29, 1.82) is 0 Å². The van der Waals surface area contributed by atoms with E-state index in [0.29, 0.717) is 51.5 Å². The van der Waals surface area contributed by atoms with Crippen LogP contribution in [0, 0.1) is 22.7 Å². The molecule has 2 N–H and O–H groups in total. The summed E-state index contributed by atoms with van der Waals surface area (Å²) in [7, 11) is -1.04. The fraction of sp³-hybridized carbons (Fsp3) is 1.00. The topological polar surface area (TPSA) is 95.8 Å². The third kappa shape index (κ3) is 20.6. The van der Waals surface area contributed by atoms with Gasteiger partial charge in [0.2, 0.25) is 0 Å². The van der Waals surface area contributed by atoms with E-state index in [2.05, 4.69) is 35.5 Å². The van der Waals surface area contributed by atoms with Gasteiger partial charge in [-0.15, -0.1) is 0 Å². The van der Waals surface area contributed by atoms with E-state index in [1.807, 2.05) is 0 Å². The Hall–Kier alpha value is 0.179. The molecule has 354 valence electrons. The van der Waals surface area contributed by atoms with Gasteiger partial charge in [0.05, 0.1) is 21.1 Å². The standard InChI is InChI=1S/C48H96O8Si2.CH3B/c1-5-9-11-13-22-26-30-37-57(51-7-3)53-41-47(39-49,42-54-57)45-33-28-24-20-18-16-15-17-19-21-25-29-34-46(36-32-35-45)48(40-50)43-55-58(52-8-4,56-44-48)38-31-27-23-14-12-10-6-2;1-2/h45-46,49-50H,5-44H2,1-4H3;1H3. The van der Waals surface area contributed by atoms with Crippen molar-refractivity contribution in [2.24, 2.45) is 22.7 Å². The lowest BCUT2D eigenvalue weighted by Gasteiger charge is -2.48. The number of rotatable bonds is 24. The van der Waals surface area contributed by atoms with E-state index in [9.17, 15) is 10.2 Å². The van der Waals surface area contributed by atoms with Crippen molar-refractivity contribution in [2.75, 3.05) is 52.9 Å². The average molecular weight is 883 g/mol. The molecule has 60 heavy (non-hydrogen) atoms. The van der Waals surface area contributed by atoms with Crippen molar-refractivity contribution >= 4 is 25.5 Å². The first kappa shape index (κ1) is 56.3. The molecule has 1 aliphatic carbocycles. The summed E-state index contributed by atoms with van der Waals surface area (Å²) in [6.07, 6.45) is 37.1. The highest BCUT2D eigenvalue weighted by atomic mass is 28.4. The molecule has 0 aromatic carbocycles. The summed E-state index contributed by atoms with van der Waals surface area (Å²) in [4.78, 5) is 0. The summed E-state index contributed by atoms with van der Waals surface area (Å²) in [6, 6.07) is 1.75. The number of aliphatic hydroxyl groups excluding tert-OH is 2. The van der Waals surface area contributed by atoms with Crippen molar-refractivity contribution in [3.8, 4) is 0 Å². The van der Waals surface area contributed by atoms with Gasteiger partial charge in [0.15, 0.2) is 0 Å². The fourth-order valence-electron chi connectivity index (χ4n) is 10.2. The van der Waals surface area contributed by atoms with E-state index in [4.69, 9.17) is 26.6 Å². The van der Waals surface area contributed by atoms with E-state index >= 15 is 0 Å². The Morgan fingerprint density at radius 3 is 1.02 bits per heavy atom. The second kappa shape index (κ2) is 34.5. The third-order valence-corrected chi connectivity index (χ3v) is 20.0. The van der Waals surface area contributed by atoms with Gasteiger partial charge < -0.3 is 36.8 Å². The molecule has 2 atom stereocenters. The quantitative estimate of drug-likeness (QED) is 0.0731. The lowest BCUT2D eigenvalue weighted by molar-refractivity contribution is -0.113. The van der Waals surface area contributed by atoms with Crippen LogP contribution >= 0.6 is 0 Å². The fourth-order valence-corrected chi connectivity index (χ4v) is 15.9. The Labute approximate surface area is 375 Å². The second-order valence-electron chi connectivity index (χ2n) is 19.0. The average Bonchev–Trinajstić information content (AvgIpc) is 3.27. The van der Waals surface area contributed by atoms with Crippen LogP contribution < -0.4 is 0 Å². The zero-order valence-electron chi connectivity index (χ0n) is 40.4. The highest BCUT2D eigenvalue weighted by Gasteiger charge is 2.53. The minimum absolute atomic E-state index is 0.0836. The van der Waals surface area contributed by atoms with E-state index in [1.54, 1.807) is 0 Å². The van der Waals surface area contributed by atoms with Crippen LogP contribution in [0.3, 0.4) is 0 Å². The van der Waals surface area contributed by atoms with Crippen molar-refractivity contribution < 1.29 is 36.8 Å². The molecule has 0 bridgehead atoms. The summed E-state index contributed by atoms with van der Waals surface area (Å²) < 4.78 is 39.8. The van der Waals surface area contributed by atoms with Gasteiger partial charge in [-0.25, -0.2) is 0 Å². The number of hydrogen-bond acceptors (Lipinski definition) is 8. The molecule has 8 nitrogen and oxygen atoms in total. The predicted octanol–water partition coefficient (Wildman–Crippen LogP) is 13.2. The molecule has 1 saturated carbocycles. The van der Waals surface area contributed by atoms with Crippen molar-refractivity contribution in [3.63, 3.8) is 0 Å². The van der Waals surface area contributed by atoms with E-state index in [0.717, 1.165) is 57.0 Å². The smallest absolute Gasteiger partial charge is 0.396 e. The minimum Gasteiger partial charge on any atom is -0.396 e. The second-order valence-corrected chi connectivity index (χ2v) is 24.4. The molecule has 3 aliphatic rings. The summed E-state index contributed by atoms with van der Waals surface area (Å²) in [5.74, 6) is 0.626. The Balaban J connectivity index is 0.00000610. The molecule has 3 rings (SSSR count). The SMILES string of the molecule is CCCCCCCCC[Si]1(OCC)OCC(CO)(C2CCCCCCCCCCCCCC(C3(CO)CO[Si](CCCCCCCCC)(OCC)OC3)CCC2)CO1.[B]C. The highest BCUT2D eigenvalue weighted by Crippen LogP contribution is 2.45. The van der Waals surface area contributed by atoms with Crippen LogP contribution in [0.15, 0.2) is 0 Å². The lowest BCUT2D eigenvalue weighted by Crippen LogP contribution is -2.59. The van der Waals surface area contributed by atoms with Crippen molar-refractivity contribution in [2.45, 2.75) is 239 Å². The van der Waals surface area contributed by atoms with Gasteiger partial charge in [-0.1, -0.05) is 175 Å². The maximum atomic E-state index is 11.2. The zero-order valence-corrected chi connectivity index (χ0v) is 42.4. The Kier molecular flexibility index (Phi) is 32.4. The van der Waals surface area contributed by atoms with Gasteiger partial charge in [0.1, 0.15) is 0 Å². The molecular formula is C49H99BO8Si2.